The lowest BCUT2D eigenvalue weighted by atomic mass is 10.1. The minimum Gasteiger partial charge on any atom is -0.312 e. The summed E-state index contributed by atoms with van der Waals surface area (Å²) in [6.45, 7) is 1.19. The number of hydrogen-bond donors (Lipinski definition) is 1. The van der Waals surface area contributed by atoms with E-state index in [9.17, 15) is 13.6 Å². The van der Waals surface area contributed by atoms with Crippen LogP contribution in [0, 0.1) is 11.6 Å². The van der Waals surface area contributed by atoms with Crippen molar-refractivity contribution in [2.24, 2.45) is 0 Å². The van der Waals surface area contributed by atoms with Gasteiger partial charge in [0.15, 0.2) is 0 Å². The van der Waals surface area contributed by atoms with Crippen molar-refractivity contribution in [3.63, 3.8) is 0 Å². The quantitative estimate of drug-likeness (QED) is 0.897. The van der Waals surface area contributed by atoms with E-state index in [0.29, 0.717) is 13.0 Å². The zero-order valence-electron chi connectivity index (χ0n) is 10.7. The summed E-state index contributed by atoms with van der Waals surface area (Å²) in [5, 5.41) is 7.37. The Morgan fingerprint density at radius 2 is 2.05 bits per heavy atom. The predicted octanol–water partition coefficient (Wildman–Crippen LogP) is 1.22. The molecule has 2 aromatic rings. The Labute approximate surface area is 114 Å². The Morgan fingerprint density at radius 1 is 1.30 bits per heavy atom. The van der Waals surface area contributed by atoms with E-state index in [-0.39, 0.29) is 17.7 Å². The van der Waals surface area contributed by atoms with Crippen molar-refractivity contribution in [3.05, 3.63) is 63.1 Å². The Kier molecular flexibility index (Phi) is 3.31. The second kappa shape index (κ2) is 5.13. The molecule has 0 aliphatic carbocycles. The Bertz CT molecular complexity index is 692. The molecule has 1 aromatic heterocycles. The van der Waals surface area contributed by atoms with Crippen molar-refractivity contribution in [2.45, 2.75) is 19.5 Å². The standard InChI is InChI=1S/C14H13F2N3O/c15-11-2-1-3-12(16)10(11)8-19-14(20)6-9-7-17-5-4-13(9)18-19/h1-3,6,17H,4-5,7-8H2. The van der Waals surface area contributed by atoms with Crippen LogP contribution in [0.1, 0.15) is 16.8 Å². The largest absolute Gasteiger partial charge is 0.312 e. The number of fused-ring (bicyclic) bond motifs is 1. The molecule has 0 atom stereocenters. The molecule has 0 saturated heterocycles. The van der Waals surface area contributed by atoms with Crippen LogP contribution in [0.3, 0.4) is 0 Å². The molecule has 1 N–H and O–H groups in total. The van der Waals surface area contributed by atoms with Gasteiger partial charge < -0.3 is 5.32 Å². The van der Waals surface area contributed by atoms with Gasteiger partial charge in [0.1, 0.15) is 11.6 Å². The molecule has 20 heavy (non-hydrogen) atoms. The highest BCUT2D eigenvalue weighted by Crippen LogP contribution is 2.13. The molecular formula is C14H13F2N3O. The summed E-state index contributed by atoms with van der Waals surface area (Å²) in [5.74, 6) is -1.34. The average Bonchev–Trinajstić information content (AvgIpc) is 2.43. The summed E-state index contributed by atoms with van der Waals surface area (Å²) < 4.78 is 28.3. The maximum Gasteiger partial charge on any atom is 0.267 e. The van der Waals surface area contributed by atoms with E-state index in [4.69, 9.17) is 0 Å². The second-order valence-corrected chi connectivity index (χ2v) is 4.74. The van der Waals surface area contributed by atoms with Gasteiger partial charge in [-0.3, -0.25) is 4.79 Å². The fraction of sp³-hybridized carbons (Fsp3) is 0.286. The number of benzene rings is 1. The van der Waals surface area contributed by atoms with E-state index >= 15 is 0 Å². The molecule has 104 valence electrons. The van der Waals surface area contributed by atoms with Crippen molar-refractivity contribution in [1.29, 1.82) is 0 Å². The molecule has 0 spiro atoms. The number of rotatable bonds is 2. The normalized spacial score (nSPS) is 14.1. The van der Waals surface area contributed by atoms with Gasteiger partial charge in [0, 0.05) is 31.1 Å². The topological polar surface area (TPSA) is 46.9 Å². The van der Waals surface area contributed by atoms with Crippen LogP contribution in [-0.2, 0) is 19.5 Å². The first-order chi connectivity index (χ1) is 9.65. The zero-order valence-corrected chi connectivity index (χ0v) is 10.7. The molecule has 0 radical (unpaired) electrons. The third kappa shape index (κ3) is 2.34. The van der Waals surface area contributed by atoms with Gasteiger partial charge in [-0.25, -0.2) is 13.5 Å². The molecule has 2 heterocycles. The third-order valence-corrected chi connectivity index (χ3v) is 3.39. The van der Waals surface area contributed by atoms with Gasteiger partial charge in [-0.15, -0.1) is 0 Å². The number of hydrogen-bond acceptors (Lipinski definition) is 3. The van der Waals surface area contributed by atoms with Crippen molar-refractivity contribution >= 4 is 0 Å². The van der Waals surface area contributed by atoms with E-state index in [1.54, 1.807) is 0 Å². The lowest BCUT2D eigenvalue weighted by molar-refractivity contribution is 0.511. The van der Waals surface area contributed by atoms with Crippen LogP contribution < -0.4 is 10.9 Å². The lowest BCUT2D eigenvalue weighted by Crippen LogP contribution is -2.32. The first-order valence-electron chi connectivity index (χ1n) is 6.38. The maximum atomic E-state index is 13.6. The van der Waals surface area contributed by atoms with E-state index in [1.807, 2.05) is 0 Å². The van der Waals surface area contributed by atoms with Gasteiger partial charge in [-0.2, -0.15) is 5.10 Å². The summed E-state index contributed by atoms with van der Waals surface area (Å²) in [4.78, 5) is 11.9. The van der Waals surface area contributed by atoms with Crippen LogP contribution in [0.2, 0.25) is 0 Å². The van der Waals surface area contributed by atoms with Crippen LogP contribution in [0.15, 0.2) is 29.1 Å². The van der Waals surface area contributed by atoms with E-state index < -0.39 is 11.6 Å². The molecule has 1 aromatic carbocycles. The molecule has 0 fully saturated rings. The molecule has 1 aliphatic heterocycles. The highest BCUT2D eigenvalue weighted by atomic mass is 19.1. The van der Waals surface area contributed by atoms with Crippen molar-refractivity contribution in [3.8, 4) is 0 Å². The number of halogens is 2. The summed E-state index contributed by atoms with van der Waals surface area (Å²) >= 11 is 0. The molecule has 3 rings (SSSR count). The third-order valence-electron chi connectivity index (χ3n) is 3.39. The maximum absolute atomic E-state index is 13.6. The number of nitrogens with one attached hydrogen (secondary N) is 1. The minimum atomic E-state index is -0.668. The smallest absolute Gasteiger partial charge is 0.267 e. The SMILES string of the molecule is O=c1cc2c(nn1Cc1c(F)cccc1F)CCNC2. The van der Waals surface area contributed by atoms with Crippen molar-refractivity contribution in [1.82, 2.24) is 15.1 Å². The molecule has 1 aliphatic rings. The molecule has 0 saturated carbocycles. The summed E-state index contributed by atoms with van der Waals surface area (Å²) in [6, 6.07) is 5.12. The van der Waals surface area contributed by atoms with Gasteiger partial charge in [0.25, 0.3) is 5.56 Å². The monoisotopic (exact) mass is 277 g/mol. The highest BCUT2D eigenvalue weighted by molar-refractivity contribution is 5.22. The van der Waals surface area contributed by atoms with Crippen LogP contribution in [0.25, 0.3) is 0 Å². The lowest BCUT2D eigenvalue weighted by Gasteiger charge is -2.17. The zero-order chi connectivity index (χ0) is 14.1. The Morgan fingerprint density at radius 3 is 2.80 bits per heavy atom. The first-order valence-corrected chi connectivity index (χ1v) is 6.38. The fourth-order valence-corrected chi connectivity index (χ4v) is 2.31. The summed E-state index contributed by atoms with van der Waals surface area (Å²) in [6.07, 6.45) is 0.704. The van der Waals surface area contributed by atoms with Crippen LogP contribution in [0.4, 0.5) is 8.78 Å². The van der Waals surface area contributed by atoms with Gasteiger partial charge in [-0.1, -0.05) is 6.07 Å². The number of aromatic nitrogens is 2. The number of nitrogens with zero attached hydrogens (tertiary/aromatic N) is 2. The summed E-state index contributed by atoms with van der Waals surface area (Å²) in [5.41, 5.74) is 1.16. The van der Waals surface area contributed by atoms with Crippen LogP contribution in [0.5, 0.6) is 0 Å². The highest BCUT2D eigenvalue weighted by Gasteiger charge is 2.15. The van der Waals surface area contributed by atoms with Crippen LogP contribution in [-0.4, -0.2) is 16.3 Å². The van der Waals surface area contributed by atoms with Gasteiger partial charge in [0.05, 0.1) is 12.2 Å². The molecule has 0 amide bonds. The van der Waals surface area contributed by atoms with E-state index in [2.05, 4.69) is 10.4 Å². The van der Waals surface area contributed by atoms with E-state index in [0.717, 1.165) is 22.5 Å². The molecule has 0 unspecified atom stereocenters. The van der Waals surface area contributed by atoms with Gasteiger partial charge in [-0.05, 0) is 17.7 Å². The predicted molar refractivity (Wildman–Crippen MR) is 69.4 cm³/mol. The molecule has 4 nitrogen and oxygen atoms in total. The van der Waals surface area contributed by atoms with Crippen LogP contribution >= 0.6 is 0 Å². The molecule has 6 heteroatoms. The average molecular weight is 277 g/mol. The van der Waals surface area contributed by atoms with Gasteiger partial charge in [0.2, 0.25) is 0 Å². The first kappa shape index (κ1) is 12.9. The summed E-state index contributed by atoms with van der Waals surface area (Å²) in [7, 11) is 0. The Hall–Kier alpha value is -2.08. The fourth-order valence-electron chi connectivity index (χ4n) is 2.31. The molecule has 0 bridgehead atoms. The van der Waals surface area contributed by atoms with Gasteiger partial charge >= 0.3 is 0 Å². The second-order valence-electron chi connectivity index (χ2n) is 4.74. The Balaban J connectivity index is 2.01. The molecular weight excluding hydrogens is 264 g/mol. The van der Waals surface area contributed by atoms with Crippen molar-refractivity contribution < 1.29 is 8.78 Å². The van der Waals surface area contributed by atoms with E-state index in [1.165, 1.54) is 24.3 Å². The van der Waals surface area contributed by atoms with Crippen molar-refractivity contribution in [2.75, 3.05) is 6.54 Å². The minimum absolute atomic E-state index is 0.143.